The third-order valence-corrected chi connectivity index (χ3v) is 3.48. The van der Waals surface area contributed by atoms with Gasteiger partial charge in [0.2, 0.25) is 0 Å². The van der Waals surface area contributed by atoms with Crippen molar-refractivity contribution in [2.45, 2.75) is 26.8 Å². The molecule has 1 unspecified atom stereocenters. The molecule has 0 bridgehead atoms. The second kappa shape index (κ2) is 5.04. The molecular weight excluding hydrogens is 246 g/mol. The molecule has 0 aliphatic heterocycles. The lowest BCUT2D eigenvalue weighted by atomic mass is 10.1. The fourth-order valence-electron chi connectivity index (χ4n) is 2.59. The van der Waals surface area contributed by atoms with Gasteiger partial charge < -0.3 is 9.73 Å². The fraction of sp³-hybridized carbons (Fsp3) is 0.222. The third-order valence-electron chi connectivity index (χ3n) is 3.48. The lowest BCUT2D eigenvalue weighted by molar-refractivity contribution is 0.526. The average molecular weight is 265 g/mol. The van der Waals surface area contributed by atoms with Crippen LogP contribution in [0.2, 0.25) is 0 Å². The highest BCUT2D eigenvalue weighted by molar-refractivity contribution is 5.77. The zero-order chi connectivity index (χ0) is 14.1. The van der Waals surface area contributed by atoms with Gasteiger partial charge in [0.1, 0.15) is 11.3 Å². The van der Waals surface area contributed by atoms with Crippen LogP contribution in [0.3, 0.4) is 0 Å². The number of fused-ring (bicyclic) bond motifs is 1. The Morgan fingerprint density at radius 1 is 0.950 bits per heavy atom. The van der Waals surface area contributed by atoms with E-state index in [2.05, 4.69) is 56.4 Å². The van der Waals surface area contributed by atoms with Crippen LogP contribution in [0.25, 0.3) is 11.0 Å². The van der Waals surface area contributed by atoms with Gasteiger partial charge in [-0.3, -0.25) is 0 Å². The summed E-state index contributed by atoms with van der Waals surface area (Å²) in [6.45, 7) is 6.35. The SMILES string of the molecule is Cc1cc(C)cc(NC(C)c2cc3ccccc3o2)c1. The van der Waals surface area contributed by atoms with Gasteiger partial charge >= 0.3 is 0 Å². The number of anilines is 1. The summed E-state index contributed by atoms with van der Waals surface area (Å²) in [5.74, 6) is 0.963. The molecule has 3 rings (SSSR count). The van der Waals surface area contributed by atoms with Gasteiger partial charge in [0.05, 0.1) is 6.04 Å². The Balaban J connectivity index is 1.86. The number of hydrogen-bond acceptors (Lipinski definition) is 2. The molecule has 3 aromatic rings. The van der Waals surface area contributed by atoms with Gasteiger partial charge in [-0.2, -0.15) is 0 Å². The molecule has 0 fully saturated rings. The maximum atomic E-state index is 5.90. The Labute approximate surface area is 119 Å². The minimum absolute atomic E-state index is 0.142. The monoisotopic (exact) mass is 265 g/mol. The summed E-state index contributed by atoms with van der Waals surface area (Å²) in [5.41, 5.74) is 4.61. The van der Waals surface area contributed by atoms with Gasteiger partial charge in [-0.25, -0.2) is 0 Å². The standard InChI is InChI=1S/C18H19NO/c1-12-8-13(2)10-16(9-12)19-14(3)18-11-15-6-4-5-7-17(15)20-18/h4-11,14,19H,1-3H3. The third kappa shape index (κ3) is 2.55. The molecule has 2 heteroatoms. The number of nitrogens with one attached hydrogen (secondary N) is 1. The Morgan fingerprint density at radius 3 is 2.35 bits per heavy atom. The Bertz CT molecular complexity index is 689. The van der Waals surface area contributed by atoms with E-state index in [0.29, 0.717) is 0 Å². The summed E-state index contributed by atoms with van der Waals surface area (Å²) in [4.78, 5) is 0. The first-order valence-corrected chi connectivity index (χ1v) is 6.95. The van der Waals surface area contributed by atoms with Crippen LogP contribution in [0, 0.1) is 13.8 Å². The molecule has 1 heterocycles. The first-order valence-electron chi connectivity index (χ1n) is 6.95. The summed E-state index contributed by atoms with van der Waals surface area (Å²) in [5, 5.41) is 4.66. The Morgan fingerprint density at radius 2 is 1.65 bits per heavy atom. The molecule has 0 saturated heterocycles. The van der Waals surface area contributed by atoms with Crippen molar-refractivity contribution in [2.24, 2.45) is 0 Å². The van der Waals surface area contributed by atoms with Gasteiger partial charge in [-0.15, -0.1) is 0 Å². The number of benzene rings is 2. The van der Waals surface area contributed by atoms with Gasteiger partial charge in [0.15, 0.2) is 0 Å². The molecule has 2 aromatic carbocycles. The van der Waals surface area contributed by atoms with Crippen molar-refractivity contribution in [3.05, 3.63) is 65.4 Å². The van der Waals surface area contributed by atoms with E-state index in [0.717, 1.165) is 22.4 Å². The molecule has 0 spiro atoms. The van der Waals surface area contributed by atoms with Crippen LogP contribution in [0.15, 0.2) is 52.9 Å². The van der Waals surface area contributed by atoms with Crippen LogP contribution in [0.1, 0.15) is 29.9 Å². The van der Waals surface area contributed by atoms with Crippen LogP contribution < -0.4 is 5.32 Å². The minimum atomic E-state index is 0.142. The molecule has 0 saturated carbocycles. The maximum Gasteiger partial charge on any atom is 0.134 e. The highest BCUT2D eigenvalue weighted by atomic mass is 16.3. The van der Waals surface area contributed by atoms with Crippen molar-refractivity contribution >= 4 is 16.7 Å². The molecule has 0 aliphatic rings. The van der Waals surface area contributed by atoms with Gasteiger partial charge in [-0.05, 0) is 56.2 Å². The lowest BCUT2D eigenvalue weighted by Crippen LogP contribution is -2.05. The van der Waals surface area contributed by atoms with E-state index < -0.39 is 0 Å². The zero-order valence-electron chi connectivity index (χ0n) is 12.1. The van der Waals surface area contributed by atoms with Crippen molar-refractivity contribution in [3.63, 3.8) is 0 Å². The van der Waals surface area contributed by atoms with Crippen molar-refractivity contribution in [3.8, 4) is 0 Å². The van der Waals surface area contributed by atoms with E-state index in [1.165, 1.54) is 11.1 Å². The highest BCUT2D eigenvalue weighted by Crippen LogP contribution is 2.26. The van der Waals surface area contributed by atoms with Crippen molar-refractivity contribution < 1.29 is 4.42 Å². The van der Waals surface area contributed by atoms with Crippen molar-refractivity contribution in [1.29, 1.82) is 0 Å². The first kappa shape index (κ1) is 12.8. The summed E-state index contributed by atoms with van der Waals surface area (Å²) >= 11 is 0. The van der Waals surface area contributed by atoms with Gasteiger partial charge in [0, 0.05) is 11.1 Å². The maximum absolute atomic E-state index is 5.90. The molecule has 1 aromatic heterocycles. The molecule has 1 atom stereocenters. The largest absolute Gasteiger partial charge is 0.459 e. The molecule has 102 valence electrons. The van der Waals surface area contributed by atoms with Gasteiger partial charge in [-0.1, -0.05) is 24.3 Å². The summed E-state index contributed by atoms with van der Waals surface area (Å²) < 4.78 is 5.90. The molecule has 0 amide bonds. The quantitative estimate of drug-likeness (QED) is 0.702. The van der Waals surface area contributed by atoms with Crippen molar-refractivity contribution in [2.75, 3.05) is 5.32 Å². The summed E-state index contributed by atoms with van der Waals surface area (Å²) in [7, 11) is 0. The van der Waals surface area contributed by atoms with Crippen LogP contribution in [0.4, 0.5) is 5.69 Å². The fourth-order valence-corrected chi connectivity index (χ4v) is 2.59. The van der Waals surface area contributed by atoms with E-state index >= 15 is 0 Å². The van der Waals surface area contributed by atoms with Crippen LogP contribution >= 0.6 is 0 Å². The zero-order valence-corrected chi connectivity index (χ0v) is 12.1. The van der Waals surface area contributed by atoms with E-state index in [1.54, 1.807) is 0 Å². The number of aryl methyl sites for hydroxylation is 2. The smallest absolute Gasteiger partial charge is 0.134 e. The predicted molar refractivity (Wildman–Crippen MR) is 84.2 cm³/mol. The van der Waals surface area contributed by atoms with E-state index in [4.69, 9.17) is 4.42 Å². The molecule has 0 aliphatic carbocycles. The Kier molecular flexibility index (Phi) is 3.23. The van der Waals surface area contributed by atoms with Crippen molar-refractivity contribution in [1.82, 2.24) is 0 Å². The Hall–Kier alpha value is -2.22. The lowest BCUT2D eigenvalue weighted by Gasteiger charge is -2.14. The average Bonchev–Trinajstić information content (AvgIpc) is 2.81. The van der Waals surface area contributed by atoms with E-state index in [-0.39, 0.29) is 6.04 Å². The normalized spacial score (nSPS) is 12.6. The number of para-hydroxylation sites is 1. The van der Waals surface area contributed by atoms with E-state index in [1.807, 2.05) is 18.2 Å². The van der Waals surface area contributed by atoms with Crippen LogP contribution in [-0.4, -0.2) is 0 Å². The number of rotatable bonds is 3. The topological polar surface area (TPSA) is 25.2 Å². The second-order valence-electron chi connectivity index (χ2n) is 5.43. The summed E-state index contributed by atoms with van der Waals surface area (Å²) in [6.07, 6.45) is 0. The first-order chi connectivity index (χ1) is 9.61. The van der Waals surface area contributed by atoms with Gasteiger partial charge in [0.25, 0.3) is 0 Å². The molecule has 20 heavy (non-hydrogen) atoms. The molecule has 0 radical (unpaired) electrons. The molecular formula is C18H19NO. The highest BCUT2D eigenvalue weighted by Gasteiger charge is 2.11. The molecule has 1 N–H and O–H groups in total. The second-order valence-corrected chi connectivity index (χ2v) is 5.43. The minimum Gasteiger partial charge on any atom is -0.459 e. The summed E-state index contributed by atoms with van der Waals surface area (Å²) in [6, 6.07) is 16.9. The van der Waals surface area contributed by atoms with Crippen LogP contribution in [0.5, 0.6) is 0 Å². The van der Waals surface area contributed by atoms with Crippen LogP contribution in [-0.2, 0) is 0 Å². The number of furan rings is 1. The van der Waals surface area contributed by atoms with E-state index in [9.17, 15) is 0 Å². The number of hydrogen-bond donors (Lipinski definition) is 1. The predicted octanol–water partition coefficient (Wildman–Crippen LogP) is 5.22. The molecule has 2 nitrogen and oxygen atoms in total.